The summed E-state index contributed by atoms with van der Waals surface area (Å²) in [5.41, 5.74) is 3.72. The van der Waals surface area contributed by atoms with E-state index in [1.54, 1.807) is 7.05 Å². The molecule has 1 aliphatic heterocycles. The van der Waals surface area contributed by atoms with Gasteiger partial charge in [0.1, 0.15) is 5.75 Å². The summed E-state index contributed by atoms with van der Waals surface area (Å²) in [5.74, 6) is 2.58. The molecule has 6 nitrogen and oxygen atoms in total. The Morgan fingerprint density at radius 3 is 2.57 bits per heavy atom. The van der Waals surface area contributed by atoms with Gasteiger partial charge in [-0.3, -0.25) is 9.79 Å². The quantitative estimate of drug-likeness (QED) is 0.232. The molecule has 7 heteroatoms. The molecular weight excluding hydrogens is 491 g/mol. The van der Waals surface area contributed by atoms with E-state index in [0.717, 1.165) is 57.2 Å². The predicted molar refractivity (Wildman–Crippen MR) is 135 cm³/mol. The highest BCUT2D eigenvalue weighted by atomic mass is 127. The molecule has 0 aromatic heterocycles. The number of nitrogens with one attached hydrogen (secondary N) is 2. The zero-order valence-electron chi connectivity index (χ0n) is 19.2. The van der Waals surface area contributed by atoms with Crippen molar-refractivity contribution in [2.75, 3.05) is 39.8 Å². The van der Waals surface area contributed by atoms with E-state index in [1.165, 1.54) is 16.7 Å². The second-order valence-corrected chi connectivity index (χ2v) is 7.95. The molecular formula is C23H39IN4O2. The summed E-state index contributed by atoms with van der Waals surface area (Å²) in [4.78, 5) is 18.7. The van der Waals surface area contributed by atoms with Crippen molar-refractivity contribution in [3.8, 4) is 5.75 Å². The number of nitrogens with zero attached hydrogens (tertiary/aromatic N) is 2. The molecule has 1 aromatic rings. The van der Waals surface area contributed by atoms with Crippen molar-refractivity contribution >= 4 is 35.8 Å². The van der Waals surface area contributed by atoms with Gasteiger partial charge in [-0.2, -0.15) is 0 Å². The predicted octanol–water partition coefficient (Wildman–Crippen LogP) is 3.81. The van der Waals surface area contributed by atoms with Crippen molar-refractivity contribution < 1.29 is 9.53 Å². The van der Waals surface area contributed by atoms with Crippen molar-refractivity contribution in [1.29, 1.82) is 0 Å². The van der Waals surface area contributed by atoms with Crippen LogP contribution < -0.4 is 15.4 Å². The summed E-state index contributed by atoms with van der Waals surface area (Å²) in [5, 5.41) is 6.13. The standard InChI is InChI=1S/C23H38N4O2.HI/c1-6-25-23(27-11-8-20(9-12-27)16-22(28)24-5)26-10-7-13-29-21-15-17(2)14-18(3)19(21)4;/h14-15,20H,6-13,16H2,1-5H3,(H,24,28)(H,25,26);1H. The van der Waals surface area contributed by atoms with E-state index in [1.807, 2.05) is 0 Å². The minimum absolute atomic E-state index is 0. The molecule has 1 saturated heterocycles. The van der Waals surface area contributed by atoms with Crippen molar-refractivity contribution in [3.05, 3.63) is 28.8 Å². The maximum Gasteiger partial charge on any atom is 0.220 e. The Labute approximate surface area is 199 Å². The first-order valence-electron chi connectivity index (χ1n) is 10.9. The molecule has 0 radical (unpaired) electrons. The fourth-order valence-electron chi connectivity index (χ4n) is 3.72. The third kappa shape index (κ3) is 8.32. The number of carbonyl (C=O) groups excluding carboxylic acids is 1. The Morgan fingerprint density at radius 1 is 1.23 bits per heavy atom. The number of piperidine rings is 1. The number of halogens is 1. The number of amides is 1. The molecule has 0 saturated carbocycles. The minimum atomic E-state index is 0. The van der Waals surface area contributed by atoms with Crippen LogP contribution in [0.25, 0.3) is 0 Å². The van der Waals surface area contributed by atoms with Crippen molar-refractivity contribution in [1.82, 2.24) is 15.5 Å². The number of aliphatic imine (C=N–C) groups is 1. The normalized spacial score (nSPS) is 14.8. The second kappa shape index (κ2) is 13.7. The molecule has 2 rings (SSSR count). The van der Waals surface area contributed by atoms with E-state index in [4.69, 9.17) is 9.73 Å². The molecule has 1 aliphatic rings. The summed E-state index contributed by atoms with van der Waals surface area (Å²) < 4.78 is 6.01. The third-order valence-corrected chi connectivity index (χ3v) is 5.59. The Balaban J connectivity index is 0.00000450. The molecule has 0 unspecified atom stereocenters. The molecule has 170 valence electrons. The van der Waals surface area contributed by atoms with Crippen LogP contribution in [0.1, 0.15) is 49.3 Å². The number of likely N-dealkylation sites (tertiary alicyclic amines) is 1. The van der Waals surface area contributed by atoms with Crippen LogP contribution in [-0.4, -0.2) is 56.6 Å². The Bertz CT molecular complexity index is 701. The Kier molecular flexibility index (Phi) is 12.1. The summed E-state index contributed by atoms with van der Waals surface area (Å²) in [6.07, 6.45) is 3.58. The van der Waals surface area contributed by atoms with Gasteiger partial charge in [0, 0.05) is 46.1 Å². The van der Waals surface area contributed by atoms with Crippen LogP contribution in [0, 0.1) is 26.7 Å². The van der Waals surface area contributed by atoms with E-state index in [0.29, 0.717) is 18.9 Å². The summed E-state index contributed by atoms with van der Waals surface area (Å²) >= 11 is 0. The molecule has 1 heterocycles. The SMILES string of the molecule is CCNC(=NCCCOc1cc(C)cc(C)c1C)N1CCC(CC(=O)NC)CC1.I. The van der Waals surface area contributed by atoms with E-state index < -0.39 is 0 Å². The third-order valence-electron chi connectivity index (χ3n) is 5.59. The van der Waals surface area contributed by atoms with Gasteiger partial charge in [-0.05, 0) is 69.2 Å². The lowest BCUT2D eigenvalue weighted by atomic mass is 9.93. The average molecular weight is 530 g/mol. The molecule has 30 heavy (non-hydrogen) atoms. The van der Waals surface area contributed by atoms with Crippen LogP contribution in [0.2, 0.25) is 0 Å². The van der Waals surface area contributed by atoms with Crippen LogP contribution in [0.15, 0.2) is 17.1 Å². The molecule has 2 N–H and O–H groups in total. The van der Waals surface area contributed by atoms with Crippen molar-refractivity contribution in [2.45, 2.75) is 53.4 Å². The first-order valence-corrected chi connectivity index (χ1v) is 10.9. The van der Waals surface area contributed by atoms with Crippen LogP contribution in [0.5, 0.6) is 5.75 Å². The number of ether oxygens (including phenoxy) is 1. The van der Waals surface area contributed by atoms with Gasteiger partial charge < -0.3 is 20.3 Å². The largest absolute Gasteiger partial charge is 0.493 e. The van der Waals surface area contributed by atoms with E-state index in [2.05, 4.69) is 55.4 Å². The average Bonchev–Trinajstić information content (AvgIpc) is 2.70. The summed E-state index contributed by atoms with van der Waals surface area (Å²) in [6, 6.07) is 4.30. The Morgan fingerprint density at radius 2 is 1.93 bits per heavy atom. The van der Waals surface area contributed by atoms with Crippen LogP contribution in [0.4, 0.5) is 0 Å². The number of carbonyl (C=O) groups is 1. The highest BCUT2D eigenvalue weighted by Crippen LogP contribution is 2.23. The second-order valence-electron chi connectivity index (χ2n) is 7.95. The van der Waals surface area contributed by atoms with Gasteiger partial charge in [-0.25, -0.2) is 0 Å². The number of aryl methyl sites for hydroxylation is 2. The zero-order chi connectivity index (χ0) is 21.2. The summed E-state index contributed by atoms with van der Waals surface area (Å²) in [7, 11) is 1.71. The van der Waals surface area contributed by atoms with Gasteiger partial charge in [0.2, 0.25) is 5.91 Å². The lowest BCUT2D eigenvalue weighted by molar-refractivity contribution is -0.121. The molecule has 1 amide bonds. The number of rotatable bonds is 8. The number of hydrogen-bond donors (Lipinski definition) is 2. The molecule has 0 aliphatic carbocycles. The van der Waals surface area contributed by atoms with E-state index in [-0.39, 0.29) is 29.9 Å². The van der Waals surface area contributed by atoms with Gasteiger partial charge >= 0.3 is 0 Å². The maximum absolute atomic E-state index is 11.6. The number of hydrogen-bond acceptors (Lipinski definition) is 3. The molecule has 0 atom stereocenters. The van der Waals surface area contributed by atoms with Gasteiger partial charge in [-0.15, -0.1) is 24.0 Å². The lowest BCUT2D eigenvalue weighted by Crippen LogP contribution is -2.46. The zero-order valence-corrected chi connectivity index (χ0v) is 21.5. The highest BCUT2D eigenvalue weighted by molar-refractivity contribution is 14.0. The fraction of sp³-hybridized carbons (Fsp3) is 0.652. The van der Waals surface area contributed by atoms with Gasteiger partial charge in [-0.1, -0.05) is 6.07 Å². The smallest absolute Gasteiger partial charge is 0.220 e. The lowest BCUT2D eigenvalue weighted by Gasteiger charge is -2.34. The minimum Gasteiger partial charge on any atom is -0.493 e. The topological polar surface area (TPSA) is 66.0 Å². The Hall–Kier alpha value is -1.51. The molecule has 0 bridgehead atoms. The first-order chi connectivity index (χ1) is 13.9. The molecule has 1 aromatic carbocycles. The van der Waals surface area contributed by atoms with Crippen LogP contribution in [-0.2, 0) is 4.79 Å². The monoisotopic (exact) mass is 530 g/mol. The van der Waals surface area contributed by atoms with Gasteiger partial charge in [0.05, 0.1) is 6.61 Å². The van der Waals surface area contributed by atoms with E-state index >= 15 is 0 Å². The van der Waals surface area contributed by atoms with Crippen LogP contribution in [0.3, 0.4) is 0 Å². The van der Waals surface area contributed by atoms with Crippen molar-refractivity contribution in [3.63, 3.8) is 0 Å². The maximum atomic E-state index is 11.6. The van der Waals surface area contributed by atoms with Crippen LogP contribution >= 0.6 is 24.0 Å². The fourth-order valence-corrected chi connectivity index (χ4v) is 3.72. The van der Waals surface area contributed by atoms with Gasteiger partial charge in [0.15, 0.2) is 5.96 Å². The highest BCUT2D eigenvalue weighted by Gasteiger charge is 2.22. The first kappa shape index (κ1) is 26.5. The summed E-state index contributed by atoms with van der Waals surface area (Å²) in [6.45, 7) is 12.6. The van der Waals surface area contributed by atoms with Gasteiger partial charge in [0.25, 0.3) is 0 Å². The number of guanidine groups is 1. The molecule has 0 spiro atoms. The number of benzene rings is 1. The van der Waals surface area contributed by atoms with E-state index in [9.17, 15) is 4.79 Å². The molecule has 1 fully saturated rings. The van der Waals surface area contributed by atoms with Crippen molar-refractivity contribution in [2.24, 2.45) is 10.9 Å².